The largest absolute Gasteiger partial charge is 0.349 e. The zero-order chi connectivity index (χ0) is 19.5. The van der Waals surface area contributed by atoms with Crippen LogP contribution in [0, 0.1) is 6.23 Å². The molecule has 1 atom stereocenters. The van der Waals surface area contributed by atoms with Crippen LogP contribution in [0.15, 0.2) is 119 Å². The summed E-state index contributed by atoms with van der Waals surface area (Å²) in [4.78, 5) is 0. The molecular weight excluding hydrogens is 373 g/mol. The third-order valence-electron chi connectivity index (χ3n) is 4.99. The summed E-state index contributed by atoms with van der Waals surface area (Å²) in [5.41, 5.74) is 11.8. The molecule has 3 aromatic carbocycles. The van der Waals surface area contributed by atoms with E-state index in [1.807, 2.05) is 6.07 Å². The first kappa shape index (κ1) is 18.1. The topological polar surface area (TPSA) is 21.3 Å². The Morgan fingerprint density at radius 1 is 0.759 bits per heavy atom. The Kier molecular flexibility index (Phi) is 5.14. The van der Waals surface area contributed by atoms with Crippen molar-refractivity contribution >= 4 is 18.5 Å². The lowest BCUT2D eigenvalue weighted by Crippen LogP contribution is -2.22. The van der Waals surface area contributed by atoms with E-state index < -0.39 is 7.92 Å². The third kappa shape index (κ3) is 3.70. The summed E-state index contributed by atoms with van der Waals surface area (Å²) in [5, 5.41) is 7.18. The lowest BCUT2D eigenvalue weighted by Gasteiger charge is -2.22. The molecule has 1 N–H and O–H groups in total. The molecule has 139 valence electrons. The van der Waals surface area contributed by atoms with Crippen LogP contribution in [0.3, 0.4) is 0 Å². The highest BCUT2D eigenvalue weighted by molar-refractivity contribution is 7.77. The molecule has 2 nitrogen and oxygen atoms in total. The molecule has 2 aliphatic rings. The van der Waals surface area contributed by atoms with Crippen molar-refractivity contribution in [3.05, 3.63) is 131 Å². The fourth-order valence-electron chi connectivity index (χ4n) is 3.59. The van der Waals surface area contributed by atoms with Crippen molar-refractivity contribution in [3.8, 4) is 0 Å². The standard InChI is InChI=1S/C26H19NOP/c1-4-11-20(12-5-1)24-19-28-26(27-24)23-17-10-18-25(23)29(21-13-6-2-7-14-21)22-15-8-3-9-16-22/h1-9,11-16,24,27H,19H2/t24-/m0/s1. The molecule has 1 aliphatic carbocycles. The van der Waals surface area contributed by atoms with Gasteiger partial charge in [0, 0.05) is 0 Å². The molecule has 29 heavy (non-hydrogen) atoms. The van der Waals surface area contributed by atoms with Gasteiger partial charge in [-0.05, 0) is 29.8 Å². The lowest BCUT2D eigenvalue weighted by atomic mass is 10.1. The third-order valence-corrected chi connectivity index (χ3v) is 7.40. The second kappa shape index (κ2) is 8.22. The van der Waals surface area contributed by atoms with Crippen molar-refractivity contribution in [2.75, 3.05) is 6.61 Å². The molecule has 0 unspecified atom stereocenters. The zero-order valence-electron chi connectivity index (χ0n) is 15.8. The Balaban J connectivity index is 1.46. The van der Waals surface area contributed by atoms with Gasteiger partial charge in [-0.15, -0.1) is 0 Å². The number of ether oxygens (including phenoxy) is 1. The van der Waals surface area contributed by atoms with E-state index in [-0.39, 0.29) is 6.04 Å². The van der Waals surface area contributed by atoms with Crippen LogP contribution in [-0.2, 0) is 4.74 Å². The molecule has 1 heterocycles. The number of benzene rings is 3. The fourth-order valence-corrected chi connectivity index (χ4v) is 5.89. The Morgan fingerprint density at radius 2 is 1.34 bits per heavy atom. The van der Waals surface area contributed by atoms with Gasteiger partial charge in [-0.1, -0.05) is 102 Å². The van der Waals surface area contributed by atoms with Crippen LogP contribution in [0.5, 0.6) is 0 Å². The predicted molar refractivity (Wildman–Crippen MR) is 118 cm³/mol. The number of nitrogens with one attached hydrogen (secondary N) is 1. The molecule has 0 amide bonds. The summed E-state index contributed by atoms with van der Waals surface area (Å²) in [5.74, 6) is 0. The highest BCUT2D eigenvalue weighted by Crippen LogP contribution is 2.49. The van der Waals surface area contributed by atoms with Crippen LogP contribution >= 0.6 is 7.92 Å². The van der Waals surface area contributed by atoms with E-state index in [0.29, 0.717) is 6.61 Å². The summed E-state index contributed by atoms with van der Waals surface area (Å²) in [6.07, 6.45) is 0.769. The minimum Gasteiger partial charge on any atom is -0.349 e. The highest BCUT2D eigenvalue weighted by Gasteiger charge is 2.35. The minimum absolute atomic E-state index is 0.141. The van der Waals surface area contributed by atoms with Crippen LogP contribution < -0.4 is 15.9 Å². The molecule has 3 aromatic rings. The molecule has 0 aromatic heterocycles. The summed E-state index contributed by atoms with van der Waals surface area (Å²) < 4.78 is 6.07. The van der Waals surface area contributed by atoms with Gasteiger partial charge in [-0.25, -0.2) is 0 Å². The second-order valence-corrected chi connectivity index (χ2v) is 9.00. The smallest absolute Gasteiger partial charge is 0.203 e. The molecule has 5 rings (SSSR count). The average Bonchev–Trinajstić information content (AvgIpc) is 3.46. The van der Waals surface area contributed by atoms with Gasteiger partial charge in [0.25, 0.3) is 0 Å². The molecule has 0 bridgehead atoms. The van der Waals surface area contributed by atoms with Gasteiger partial charge in [0.05, 0.1) is 23.5 Å². The van der Waals surface area contributed by atoms with Crippen molar-refractivity contribution < 1.29 is 4.74 Å². The molecule has 0 saturated carbocycles. The van der Waals surface area contributed by atoms with Crippen molar-refractivity contribution in [3.63, 3.8) is 0 Å². The molecule has 1 fully saturated rings. The minimum atomic E-state index is -0.773. The number of hydrogen-bond donors (Lipinski definition) is 1. The van der Waals surface area contributed by atoms with Crippen molar-refractivity contribution in [2.45, 2.75) is 6.04 Å². The highest BCUT2D eigenvalue weighted by atomic mass is 31.1. The van der Waals surface area contributed by atoms with E-state index in [1.54, 1.807) is 0 Å². The Hall–Kier alpha value is -2.91. The summed E-state index contributed by atoms with van der Waals surface area (Å²) in [6, 6.07) is 31.7. The van der Waals surface area contributed by atoms with Crippen LogP contribution in [-0.4, -0.2) is 6.61 Å². The van der Waals surface area contributed by atoms with Crippen LogP contribution in [0.1, 0.15) is 11.6 Å². The van der Waals surface area contributed by atoms with Crippen LogP contribution in [0.25, 0.3) is 0 Å². The molecule has 1 radical (unpaired) electrons. The predicted octanol–water partition coefficient (Wildman–Crippen LogP) is 4.70. The van der Waals surface area contributed by atoms with E-state index in [2.05, 4.69) is 107 Å². The number of hydrogen-bond acceptors (Lipinski definition) is 2. The van der Waals surface area contributed by atoms with Gasteiger partial charge in [-0.2, -0.15) is 0 Å². The monoisotopic (exact) mass is 392 g/mol. The van der Waals surface area contributed by atoms with Crippen molar-refractivity contribution in [2.24, 2.45) is 0 Å². The summed E-state index contributed by atoms with van der Waals surface area (Å²) in [7, 11) is -0.773. The first-order valence-electron chi connectivity index (χ1n) is 9.63. The quantitative estimate of drug-likeness (QED) is 0.502. The van der Waals surface area contributed by atoms with Gasteiger partial charge in [0.15, 0.2) is 0 Å². The first-order chi connectivity index (χ1) is 14.4. The first-order valence-corrected chi connectivity index (χ1v) is 11.0. The normalized spacial score (nSPS) is 18.3. The molecular formula is C26H19NOP. The Morgan fingerprint density at radius 3 is 1.97 bits per heavy atom. The van der Waals surface area contributed by atoms with E-state index in [4.69, 9.17) is 4.74 Å². The molecule has 0 spiro atoms. The Bertz CT molecular complexity index is 1100. The van der Waals surface area contributed by atoms with Crippen molar-refractivity contribution in [1.82, 2.24) is 5.32 Å². The van der Waals surface area contributed by atoms with Gasteiger partial charge >= 0.3 is 0 Å². The molecule has 3 heteroatoms. The van der Waals surface area contributed by atoms with E-state index in [9.17, 15) is 0 Å². The number of rotatable bonds is 5. The van der Waals surface area contributed by atoms with Crippen LogP contribution in [0.2, 0.25) is 0 Å². The lowest BCUT2D eigenvalue weighted by molar-refractivity contribution is 0.207. The Labute approximate surface area is 172 Å². The average molecular weight is 392 g/mol. The van der Waals surface area contributed by atoms with Crippen molar-refractivity contribution in [1.29, 1.82) is 0 Å². The summed E-state index contributed by atoms with van der Waals surface area (Å²) >= 11 is 0. The van der Waals surface area contributed by atoms with Gasteiger partial charge in [0.1, 0.15) is 0 Å². The van der Waals surface area contributed by atoms with Crippen LogP contribution in [0.4, 0.5) is 0 Å². The van der Waals surface area contributed by atoms with Gasteiger partial charge in [0.2, 0.25) is 6.23 Å². The van der Waals surface area contributed by atoms with E-state index in [1.165, 1.54) is 16.2 Å². The SMILES string of the molecule is C1=C=C([C]2N[C@H](c3ccccc3)CO2)C(P(c2ccccc2)c2ccccc2)=C=1. The zero-order valence-corrected chi connectivity index (χ0v) is 16.7. The maximum Gasteiger partial charge on any atom is 0.203 e. The second-order valence-electron chi connectivity index (χ2n) is 6.85. The molecule has 1 saturated heterocycles. The van der Waals surface area contributed by atoms with E-state index >= 15 is 0 Å². The maximum absolute atomic E-state index is 6.07. The van der Waals surface area contributed by atoms with E-state index in [0.717, 1.165) is 17.1 Å². The fraction of sp³-hybridized carbons (Fsp3) is 0.0769. The van der Waals surface area contributed by atoms with Gasteiger partial charge in [-0.3, -0.25) is 5.32 Å². The summed E-state index contributed by atoms with van der Waals surface area (Å²) in [6.45, 7) is 0.604. The molecule has 1 aliphatic heterocycles. The van der Waals surface area contributed by atoms with Gasteiger partial charge < -0.3 is 4.74 Å². The maximum atomic E-state index is 6.07.